The van der Waals surface area contributed by atoms with Crippen LogP contribution in [0.2, 0.25) is 0 Å². The predicted octanol–water partition coefficient (Wildman–Crippen LogP) is 5.31. The maximum atomic E-state index is 11.7. The molecular formula is C25H38O4. The van der Waals surface area contributed by atoms with Gasteiger partial charge in [0.05, 0.1) is 6.61 Å². The zero-order valence-electron chi connectivity index (χ0n) is 18.5. The van der Waals surface area contributed by atoms with Crippen LogP contribution < -0.4 is 0 Å². The lowest BCUT2D eigenvalue weighted by Gasteiger charge is -2.61. The maximum absolute atomic E-state index is 11.7. The van der Waals surface area contributed by atoms with Crippen LogP contribution in [0, 0.1) is 40.4 Å². The van der Waals surface area contributed by atoms with Crippen molar-refractivity contribution in [1.82, 2.24) is 0 Å². The predicted molar refractivity (Wildman–Crippen MR) is 112 cm³/mol. The summed E-state index contributed by atoms with van der Waals surface area (Å²) in [5.41, 5.74) is 0.464. The largest absolute Gasteiger partial charge is 0.465 e. The van der Waals surface area contributed by atoms with E-state index >= 15 is 0 Å². The summed E-state index contributed by atoms with van der Waals surface area (Å²) in [5, 5.41) is 0. The third-order valence-corrected chi connectivity index (χ3v) is 9.55. The molecule has 4 fully saturated rings. The molecule has 0 heterocycles. The van der Waals surface area contributed by atoms with E-state index in [1.165, 1.54) is 52.4 Å². The van der Waals surface area contributed by atoms with Crippen molar-refractivity contribution in [3.05, 3.63) is 12.7 Å². The Labute approximate surface area is 175 Å². The molecule has 4 saturated carbocycles. The first kappa shape index (κ1) is 20.9. The van der Waals surface area contributed by atoms with E-state index in [4.69, 9.17) is 9.47 Å². The van der Waals surface area contributed by atoms with Crippen molar-refractivity contribution in [2.24, 2.45) is 40.4 Å². The summed E-state index contributed by atoms with van der Waals surface area (Å²) in [6, 6.07) is 0. The third kappa shape index (κ3) is 3.45. The molecule has 8 atom stereocenters. The zero-order chi connectivity index (χ0) is 20.8. The lowest BCUT2D eigenvalue weighted by Crippen LogP contribution is -2.57. The van der Waals surface area contributed by atoms with Crippen LogP contribution in [0.3, 0.4) is 0 Å². The fraction of sp³-hybridized carbons (Fsp3) is 0.840. The van der Waals surface area contributed by atoms with Crippen molar-refractivity contribution in [2.45, 2.75) is 84.7 Å². The van der Waals surface area contributed by atoms with E-state index in [-0.39, 0.29) is 23.5 Å². The Hall–Kier alpha value is -1.32. The average Bonchev–Trinajstić information content (AvgIpc) is 3.02. The Morgan fingerprint density at radius 1 is 1.00 bits per heavy atom. The fourth-order valence-corrected chi connectivity index (χ4v) is 8.30. The molecule has 0 aromatic carbocycles. The highest BCUT2D eigenvalue weighted by atomic mass is 16.5. The minimum atomic E-state index is -0.175. The van der Waals surface area contributed by atoms with Crippen LogP contribution in [-0.2, 0) is 19.1 Å². The van der Waals surface area contributed by atoms with Gasteiger partial charge in [-0.2, -0.15) is 0 Å². The van der Waals surface area contributed by atoms with Gasteiger partial charge in [-0.3, -0.25) is 9.59 Å². The van der Waals surface area contributed by atoms with Gasteiger partial charge in [0.15, 0.2) is 0 Å². The molecule has 0 spiro atoms. The van der Waals surface area contributed by atoms with Crippen molar-refractivity contribution in [1.29, 1.82) is 0 Å². The van der Waals surface area contributed by atoms with Crippen molar-refractivity contribution in [2.75, 3.05) is 6.61 Å². The summed E-state index contributed by atoms with van der Waals surface area (Å²) in [5.74, 6) is 2.92. The van der Waals surface area contributed by atoms with E-state index in [2.05, 4.69) is 19.6 Å². The molecule has 0 N–H and O–H groups in total. The Morgan fingerprint density at radius 2 is 1.79 bits per heavy atom. The van der Waals surface area contributed by atoms with Gasteiger partial charge in [-0.05, 0) is 92.8 Å². The molecule has 4 aliphatic rings. The molecule has 8 unspecified atom stereocenters. The Morgan fingerprint density at radius 3 is 2.48 bits per heavy atom. The van der Waals surface area contributed by atoms with Gasteiger partial charge < -0.3 is 9.47 Å². The smallest absolute Gasteiger partial charge is 0.302 e. The van der Waals surface area contributed by atoms with E-state index < -0.39 is 0 Å². The van der Waals surface area contributed by atoms with Gasteiger partial charge in [0, 0.05) is 19.3 Å². The lowest BCUT2D eigenvalue weighted by atomic mass is 9.44. The van der Waals surface area contributed by atoms with E-state index in [1.54, 1.807) is 0 Å². The number of hydrogen-bond donors (Lipinski definition) is 0. The van der Waals surface area contributed by atoms with Crippen molar-refractivity contribution < 1.29 is 19.1 Å². The zero-order valence-corrected chi connectivity index (χ0v) is 18.5. The third-order valence-electron chi connectivity index (χ3n) is 9.55. The molecule has 4 heteroatoms. The number of carbonyl (C=O) groups is 2. The molecule has 4 aliphatic carbocycles. The highest BCUT2D eigenvalue weighted by molar-refractivity contribution is 5.66. The van der Waals surface area contributed by atoms with Gasteiger partial charge >= 0.3 is 11.9 Å². The quantitative estimate of drug-likeness (QED) is 0.472. The Bertz CT molecular complexity index is 672. The summed E-state index contributed by atoms with van der Waals surface area (Å²) in [4.78, 5) is 23.3. The number of ether oxygens (including phenoxy) is 2. The average molecular weight is 403 g/mol. The second-order valence-electron chi connectivity index (χ2n) is 10.6. The fourth-order valence-electron chi connectivity index (χ4n) is 8.30. The van der Waals surface area contributed by atoms with Crippen molar-refractivity contribution in [3.63, 3.8) is 0 Å². The SMILES string of the molecule is C=CC1CCC2C3CCC4CC(OC(C)=O)CCC4(COC(C)=O)C3CCC12C. The van der Waals surface area contributed by atoms with Gasteiger partial charge in [0.1, 0.15) is 6.10 Å². The van der Waals surface area contributed by atoms with E-state index in [1.807, 2.05) is 0 Å². The topological polar surface area (TPSA) is 52.6 Å². The Kier molecular flexibility index (Phi) is 5.59. The first-order valence-electron chi connectivity index (χ1n) is 11.7. The minimum absolute atomic E-state index is 0.0324. The van der Waals surface area contributed by atoms with E-state index in [9.17, 15) is 9.59 Å². The van der Waals surface area contributed by atoms with Crippen LogP contribution in [0.1, 0.15) is 78.6 Å². The molecule has 4 rings (SSSR count). The van der Waals surface area contributed by atoms with Crippen LogP contribution in [0.25, 0.3) is 0 Å². The van der Waals surface area contributed by atoms with Gasteiger partial charge in [-0.1, -0.05) is 13.0 Å². The second-order valence-corrected chi connectivity index (χ2v) is 10.6. The van der Waals surface area contributed by atoms with Crippen LogP contribution in [0.5, 0.6) is 0 Å². The molecule has 29 heavy (non-hydrogen) atoms. The number of esters is 2. The minimum Gasteiger partial charge on any atom is -0.465 e. The molecule has 0 aromatic rings. The van der Waals surface area contributed by atoms with Gasteiger partial charge in [-0.25, -0.2) is 0 Å². The number of fused-ring (bicyclic) bond motifs is 5. The van der Waals surface area contributed by atoms with Crippen LogP contribution in [-0.4, -0.2) is 24.6 Å². The summed E-state index contributed by atoms with van der Waals surface area (Å²) in [6.07, 6.45) is 12.6. The van der Waals surface area contributed by atoms with Gasteiger partial charge in [0.2, 0.25) is 0 Å². The monoisotopic (exact) mass is 402 g/mol. The van der Waals surface area contributed by atoms with Gasteiger partial charge in [0.25, 0.3) is 0 Å². The standard InChI is InChI=1S/C25H38O4/c1-5-18-7-9-22-21-8-6-19-14-20(29-17(3)27)10-13-25(19,15-28-16(2)26)23(21)11-12-24(18,22)4/h5,18-23H,1,6-15H2,2-4H3. The van der Waals surface area contributed by atoms with Crippen molar-refractivity contribution in [3.8, 4) is 0 Å². The lowest BCUT2D eigenvalue weighted by molar-refractivity contribution is -0.180. The number of allylic oxidation sites excluding steroid dienone is 1. The summed E-state index contributed by atoms with van der Waals surface area (Å²) >= 11 is 0. The first-order valence-corrected chi connectivity index (χ1v) is 11.7. The van der Waals surface area contributed by atoms with E-state index in [0.29, 0.717) is 29.8 Å². The number of hydrogen-bond acceptors (Lipinski definition) is 4. The van der Waals surface area contributed by atoms with Crippen LogP contribution in [0.15, 0.2) is 12.7 Å². The number of carbonyl (C=O) groups excluding carboxylic acids is 2. The van der Waals surface area contributed by atoms with Crippen molar-refractivity contribution >= 4 is 11.9 Å². The van der Waals surface area contributed by atoms with Gasteiger partial charge in [-0.15, -0.1) is 6.58 Å². The normalized spacial score (nSPS) is 46.0. The Balaban J connectivity index is 1.61. The van der Waals surface area contributed by atoms with E-state index in [0.717, 1.165) is 31.1 Å². The maximum Gasteiger partial charge on any atom is 0.302 e. The highest BCUT2D eigenvalue weighted by Crippen LogP contribution is 2.67. The second kappa shape index (κ2) is 7.74. The molecule has 0 aromatic heterocycles. The summed E-state index contributed by atoms with van der Waals surface area (Å²) < 4.78 is 11.3. The molecule has 0 amide bonds. The van der Waals surface area contributed by atoms with Crippen LogP contribution in [0.4, 0.5) is 0 Å². The van der Waals surface area contributed by atoms with Crippen LogP contribution >= 0.6 is 0 Å². The molecule has 162 valence electrons. The first-order chi connectivity index (χ1) is 13.8. The summed E-state index contributed by atoms with van der Waals surface area (Å²) in [7, 11) is 0. The molecule has 0 bridgehead atoms. The molecule has 0 radical (unpaired) electrons. The number of rotatable bonds is 4. The highest BCUT2D eigenvalue weighted by Gasteiger charge is 2.61. The molecular weight excluding hydrogens is 364 g/mol. The molecule has 4 nitrogen and oxygen atoms in total. The molecule has 0 saturated heterocycles. The summed E-state index contributed by atoms with van der Waals surface area (Å²) in [6.45, 7) is 10.2. The molecule has 0 aliphatic heterocycles.